The van der Waals surface area contributed by atoms with E-state index in [-0.39, 0.29) is 19.1 Å². The molecule has 3 unspecified atom stereocenters. The number of phosphoric ester groups is 1. The predicted molar refractivity (Wildman–Crippen MR) is 235 cm³/mol. The van der Waals surface area contributed by atoms with Crippen LogP contribution in [0.4, 0.5) is 0 Å². The Kier molecular flexibility index (Phi) is 37.8. The number of likely N-dealkylation sites (N-methyl/N-ethyl adjacent to an activating group) is 1. The SMILES string of the molecule is CCCCCCCCCCCCCC/C=C/CC/C=C/C(O)C(COP(=O)(O)OCC[N+](C)(C)C)NC(=O)CCCCCCCCCCCCCCCCC. The molecule has 0 aromatic heterocycles. The molecule has 0 aromatic rings. The van der Waals surface area contributed by atoms with Gasteiger partial charge in [0.25, 0.3) is 0 Å². The molecule has 0 heterocycles. The normalized spacial score (nSPS) is 14.5. The van der Waals surface area contributed by atoms with Crippen molar-refractivity contribution in [2.75, 3.05) is 40.9 Å². The first-order chi connectivity index (χ1) is 26.5. The van der Waals surface area contributed by atoms with Crippen LogP contribution in [0, 0.1) is 0 Å². The molecule has 0 aliphatic heterocycles. The number of hydrogen-bond acceptors (Lipinski definition) is 5. The summed E-state index contributed by atoms with van der Waals surface area (Å²) in [5, 5.41) is 13.8. The smallest absolute Gasteiger partial charge is 0.387 e. The van der Waals surface area contributed by atoms with Crippen LogP contribution in [0.3, 0.4) is 0 Å². The minimum absolute atomic E-state index is 0.0583. The zero-order valence-corrected chi connectivity index (χ0v) is 37.8. The molecular weight excluding hydrogens is 707 g/mol. The third kappa shape index (κ3) is 41.0. The summed E-state index contributed by atoms with van der Waals surface area (Å²) in [6.45, 7) is 4.80. The second-order valence-electron chi connectivity index (χ2n) is 17.1. The largest absolute Gasteiger partial charge is 0.472 e. The molecule has 8 nitrogen and oxygen atoms in total. The van der Waals surface area contributed by atoms with Gasteiger partial charge in [-0.3, -0.25) is 13.8 Å². The van der Waals surface area contributed by atoms with Crippen LogP contribution in [0.15, 0.2) is 24.3 Å². The number of unbranched alkanes of at least 4 members (excludes halogenated alkanes) is 27. The summed E-state index contributed by atoms with van der Waals surface area (Å²) < 4.78 is 23.6. The molecule has 326 valence electrons. The number of aliphatic hydroxyl groups excluding tert-OH is 1. The fourth-order valence-electron chi connectivity index (χ4n) is 6.70. The lowest BCUT2D eigenvalue weighted by Gasteiger charge is -2.25. The highest BCUT2D eigenvalue weighted by molar-refractivity contribution is 7.47. The zero-order chi connectivity index (χ0) is 40.7. The topological polar surface area (TPSA) is 105 Å². The van der Waals surface area contributed by atoms with Crippen LogP contribution >= 0.6 is 7.82 Å². The Bertz CT molecular complexity index is 953. The van der Waals surface area contributed by atoms with Crippen molar-refractivity contribution >= 4 is 13.7 Å². The Morgan fingerprint density at radius 3 is 1.45 bits per heavy atom. The van der Waals surface area contributed by atoms with Gasteiger partial charge in [-0.05, 0) is 32.1 Å². The van der Waals surface area contributed by atoms with Crippen molar-refractivity contribution in [3.63, 3.8) is 0 Å². The number of allylic oxidation sites excluding steroid dienone is 3. The molecule has 0 fully saturated rings. The first-order valence-corrected chi connectivity index (χ1v) is 24.7. The number of carbonyl (C=O) groups is 1. The summed E-state index contributed by atoms with van der Waals surface area (Å²) >= 11 is 0. The molecular formula is C46H92N2O6P+. The Labute approximate surface area is 341 Å². The molecule has 0 saturated carbocycles. The summed E-state index contributed by atoms with van der Waals surface area (Å²) in [7, 11) is 1.56. The van der Waals surface area contributed by atoms with E-state index in [0.717, 1.165) is 38.5 Å². The van der Waals surface area contributed by atoms with E-state index in [9.17, 15) is 19.4 Å². The minimum Gasteiger partial charge on any atom is -0.387 e. The lowest BCUT2D eigenvalue weighted by atomic mass is 10.0. The maximum absolute atomic E-state index is 12.9. The number of carbonyl (C=O) groups excluding carboxylic acids is 1. The van der Waals surface area contributed by atoms with E-state index in [1.165, 1.54) is 154 Å². The molecule has 0 aliphatic rings. The van der Waals surface area contributed by atoms with Crippen LogP contribution in [-0.2, 0) is 18.4 Å². The van der Waals surface area contributed by atoms with E-state index in [2.05, 4.69) is 31.3 Å². The Morgan fingerprint density at radius 1 is 0.600 bits per heavy atom. The molecule has 0 radical (unpaired) electrons. The maximum Gasteiger partial charge on any atom is 0.472 e. The maximum atomic E-state index is 12.9. The monoisotopic (exact) mass is 800 g/mol. The van der Waals surface area contributed by atoms with Gasteiger partial charge in [-0.1, -0.05) is 199 Å². The van der Waals surface area contributed by atoms with E-state index >= 15 is 0 Å². The molecule has 9 heteroatoms. The number of nitrogens with zero attached hydrogens (tertiary/aromatic N) is 1. The number of rotatable bonds is 42. The lowest BCUT2D eigenvalue weighted by molar-refractivity contribution is -0.870. The first-order valence-electron chi connectivity index (χ1n) is 23.2. The third-order valence-corrected chi connectivity index (χ3v) is 11.4. The van der Waals surface area contributed by atoms with Crippen LogP contribution in [-0.4, -0.2) is 73.4 Å². The average Bonchev–Trinajstić information content (AvgIpc) is 3.13. The fourth-order valence-corrected chi connectivity index (χ4v) is 7.44. The van der Waals surface area contributed by atoms with Crippen LogP contribution in [0.2, 0.25) is 0 Å². The van der Waals surface area contributed by atoms with Gasteiger partial charge in [-0.25, -0.2) is 4.57 Å². The van der Waals surface area contributed by atoms with E-state index in [4.69, 9.17) is 9.05 Å². The van der Waals surface area contributed by atoms with Crippen molar-refractivity contribution in [2.45, 2.75) is 225 Å². The number of quaternary nitrogens is 1. The first kappa shape index (κ1) is 54.0. The fraction of sp³-hybridized carbons (Fsp3) is 0.891. The van der Waals surface area contributed by atoms with Crippen LogP contribution < -0.4 is 5.32 Å². The molecule has 55 heavy (non-hydrogen) atoms. The number of nitrogens with one attached hydrogen (secondary N) is 1. The van der Waals surface area contributed by atoms with E-state index in [1.807, 2.05) is 27.2 Å². The van der Waals surface area contributed by atoms with Crippen LogP contribution in [0.5, 0.6) is 0 Å². The predicted octanol–water partition coefficient (Wildman–Crippen LogP) is 12.9. The second-order valence-corrected chi connectivity index (χ2v) is 18.6. The number of hydrogen-bond donors (Lipinski definition) is 3. The van der Waals surface area contributed by atoms with Gasteiger partial charge in [0.1, 0.15) is 13.2 Å². The van der Waals surface area contributed by atoms with Crippen molar-refractivity contribution in [3.05, 3.63) is 24.3 Å². The highest BCUT2D eigenvalue weighted by Gasteiger charge is 2.27. The van der Waals surface area contributed by atoms with Crippen molar-refractivity contribution < 1.29 is 32.9 Å². The molecule has 1 amide bonds. The van der Waals surface area contributed by atoms with Crippen LogP contribution in [0.1, 0.15) is 213 Å². The van der Waals surface area contributed by atoms with Gasteiger partial charge in [0.15, 0.2) is 0 Å². The molecule has 0 spiro atoms. The zero-order valence-electron chi connectivity index (χ0n) is 36.9. The summed E-state index contributed by atoms with van der Waals surface area (Å²) in [5.41, 5.74) is 0. The van der Waals surface area contributed by atoms with Crippen LogP contribution in [0.25, 0.3) is 0 Å². The van der Waals surface area contributed by atoms with Gasteiger partial charge in [0.05, 0.1) is 39.9 Å². The summed E-state index contributed by atoms with van der Waals surface area (Å²) in [4.78, 5) is 23.1. The third-order valence-electron chi connectivity index (χ3n) is 10.4. The van der Waals surface area contributed by atoms with E-state index < -0.39 is 20.0 Å². The second kappa shape index (κ2) is 38.5. The molecule has 0 aliphatic carbocycles. The number of phosphoric acid groups is 1. The molecule has 0 aromatic carbocycles. The summed E-state index contributed by atoms with van der Waals surface area (Å²) in [5.74, 6) is -0.185. The lowest BCUT2D eigenvalue weighted by Crippen LogP contribution is -2.45. The average molecular weight is 800 g/mol. The van der Waals surface area contributed by atoms with Gasteiger partial charge in [-0.2, -0.15) is 0 Å². The van der Waals surface area contributed by atoms with Gasteiger partial charge in [-0.15, -0.1) is 0 Å². The van der Waals surface area contributed by atoms with Crippen molar-refractivity contribution in [1.82, 2.24) is 5.32 Å². The molecule has 3 atom stereocenters. The van der Waals surface area contributed by atoms with Crippen molar-refractivity contribution in [2.24, 2.45) is 0 Å². The van der Waals surface area contributed by atoms with Crippen molar-refractivity contribution in [1.29, 1.82) is 0 Å². The molecule has 0 bridgehead atoms. The Balaban J connectivity index is 4.43. The Morgan fingerprint density at radius 2 is 1.00 bits per heavy atom. The minimum atomic E-state index is -4.34. The number of aliphatic hydroxyl groups is 1. The van der Waals surface area contributed by atoms with E-state index in [0.29, 0.717) is 17.4 Å². The summed E-state index contributed by atoms with van der Waals surface area (Å²) in [6.07, 6.45) is 45.3. The quantitative estimate of drug-likeness (QED) is 0.0246. The molecule has 3 N–H and O–H groups in total. The van der Waals surface area contributed by atoms with Gasteiger partial charge >= 0.3 is 7.82 Å². The van der Waals surface area contributed by atoms with Crippen molar-refractivity contribution in [3.8, 4) is 0 Å². The molecule has 0 saturated heterocycles. The highest BCUT2D eigenvalue weighted by Crippen LogP contribution is 2.43. The summed E-state index contributed by atoms with van der Waals surface area (Å²) in [6, 6.07) is -0.858. The van der Waals surface area contributed by atoms with Gasteiger partial charge in [0.2, 0.25) is 5.91 Å². The standard InChI is InChI=1S/C46H91N2O6P/c1-6-8-10-12-14-16-18-20-22-23-24-26-27-29-31-33-35-37-39-45(49)44(43-54-55(51,52)53-42-41-48(3,4)5)47-46(50)40-38-36-34-32-30-28-25-21-19-17-15-13-11-9-7-2/h29,31,37,39,44-45,49H,6-28,30,32-36,38,40-43H2,1-5H3,(H-,47,50,51,52)/p+1/b31-29+,39-37+. The van der Waals surface area contributed by atoms with Gasteiger partial charge in [0, 0.05) is 6.42 Å². The number of amides is 1. The Hall–Kier alpha value is -1.02. The highest BCUT2D eigenvalue weighted by atomic mass is 31.2. The molecule has 0 rings (SSSR count). The van der Waals surface area contributed by atoms with Gasteiger partial charge < -0.3 is 19.8 Å². The van der Waals surface area contributed by atoms with E-state index in [1.54, 1.807) is 6.08 Å².